The number of Topliss-reactive ketones (excluding diaryl/α,β-unsaturated/α-hetero) is 1. The quantitative estimate of drug-likeness (QED) is 0.543. The summed E-state index contributed by atoms with van der Waals surface area (Å²) in [6, 6.07) is 3.62. The lowest BCUT2D eigenvalue weighted by molar-refractivity contribution is 0.0861. The van der Waals surface area contributed by atoms with E-state index in [2.05, 4.69) is 30.6 Å². The molecule has 0 saturated carbocycles. The average molecular weight is 512 g/mol. The number of hydrogen-bond acceptors (Lipinski definition) is 10. The summed E-state index contributed by atoms with van der Waals surface area (Å²) < 4.78 is 13.0. The third-order valence-electron chi connectivity index (χ3n) is 6.02. The maximum absolute atomic E-state index is 13.1. The molecule has 0 aliphatic carbocycles. The van der Waals surface area contributed by atoms with Gasteiger partial charge in [-0.2, -0.15) is 5.10 Å². The van der Waals surface area contributed by atoms with Crippen LogP contribution in [0.3, 0.4) is 0 Å². The highest BCUT2D eigenvalue weighted by molar-refractivity contribution is 7.13. The van der Waals surface area contributed by atoms with Gasteiger partial charge in [-0.15, -0.1) is 11.3 Å². The molecule has 5 rings (SSSR count). The summed E-state index contributed by atoms with van der Waals surface area (Å²) in [5.41, 5.74) is 1.75. The highest BCUT2D eigenvalue weighted by atomic mass is 32.1. The zero-order valence-electron chi connectivity index (χ0n) is 19.9. The van der Waals surface area contributed by atoms with Crippen LogP contribution in [0, 0.1) is 0 Å². The van der Waals surface area contributed by atoms with Crippen LogP contribution in [0.15, 0.2) is 29.9 Å². The number of aromatic nitrogens is 4. The molecule has 2 aliphatic rings. The fourth-order valence-electron chi connectivity index (χ4n) is 4.09. The minimum Gasteiger partial charge on any atom is -0.475 e. The number of anilines is 1. The van der Waals surface area contributed by atoms with E-state index in [1.807, 2.05) is 6.07 Å². The summed E-state index contributed by atoms with van der Waals surface area (Å²) in [5, 5.41) is 13.1. The molecule has 4 bridgehead atoms. The van der Waals surface area contributed by atoms with Crippen molar-refractivity contribution in [1.29, 1.82) is 0 Å². The van der Waals surface area contributed by atoms with Crippen LogP contribution < -0.4 is 15.4 Å². The number of piperazine rings is 1. The van der Waals surface area contributed by atoms with Crippen LogP contribution in [0.25, 0.3) is 10.6 Å². The number of ketones is 1. The number of nitrogens with one attached hydrogen (secondary N) is 2. The van der Waals surface area contributed by atoms with Crippen molar-refractivity contribution in [3.63, 3.8) is 0 Å². The number of carbonyl (C=O) groups is 2. The second-order valence-electron chi connectivity index (χ2n) is 8.61. The highest BCUT2D eigenvalue weighted by Gasteiger charge is 2.21. The summed E-state index contributed by atoms with van der Waals surface area (Å²) in [4.78, 5) is 37.1. The van der Waals surface area contributed by atoms with Crippen molar-refractivity contribution in [3.8, 4) is 16.5 Å². The number of carbonyl (C=O) groups excluding carboxylic acids is 2. The molecule has 0 aromatic carbocycles. The second-order valence-corrected chi connectivity index (χ2v) is 9.47. The molecule has 0 radical (unpaired) electrons. The van der Waals surface area contributed by atoms with Gasteiger partial charge in [-0.1, -0.05) is 0 Å². The lowest BCUT2D eigenvalue weighted by Crippen LogP contribution is -2.44. The van der Waals surface area contributed by atoms with Crippen molar-refractivity contribution in [2.75, 3.05) is 57.9 Å². The Hall–Kier alpha value is -3.19. The zero-order chi connectivity index (χ0) is 24.7. The van der Waals surface area contributed by atoms with Gasteiger partial charge < -0.3 is 20.1 Å². The molecule has 11 nitrogen and oxygen atoms in total. The first kappa shape index (κ1) is 24.5. The molecule has 0 atom stereocenters. The number of hydrogen-bond donors (Lipinski definition) is 2. The van der Waals surface area contributed by atoms with Gasteiger partial charge in [0.25, 0.3) is 5.91 Å². The molecule has 1 saturated heterocycles. The highest BCUT2D eigenvalue weighted by Crippen LogP contribution is 2.27. The van der Waals surface area contributed by atoms with Gasteiger partial charge in [-0.05, 0) is 12.5 Å². The Bertz CT molecular complexity index is 1200. The first-order chi connectivity index (χ1) is 17.7. The molecule has 2 aliphatic heterocycles. The van der Waals surface area contributed by atoms with Crippen molar-refractivity contribution in [2.45, 2.75) is 19.4 Å². The molecule has 36 heavy (non-hydrogen) atoms. The number of amides is 1. The molecule has 1 amide bonds. The number of ether oxygens (including phenoxy) is 2. The minimum atomic E-state index is -0.386. The van der Waals surface area contributed by atoms with Crippen LogP contribution in [0.5, 0.6) is 5.88 Å². The fraction of sp³-hybridized carbons (Fsp3) is 0.458. The fourth-order valence-corrected chi connectivity index (χ4v) is 4.89. The summed E-state index contributed by atoms with van der Waals surface area (Å²) in [5.74, 6) is -0.0556. The van der Waals surface area contributed by atoms with Crippen LogP contribution >= 0.6 is 11.3 Å². The molecule has 0 spiro atoms. The molecular weight excluding hydrogens is 482 g/mol. The zero-order valence-corrected chi connectivity index (χ0v) is 20.8. The molecule has 0 unspecified atom stereocenters. The summed E-state index contributed by atoms with van der Waals surface area (Å²) in [6.07, 6.45) is 4.20. The monoisotopic (exact) mass is 511 g/mol. The van der Waals surface area contributed by atoms with E-state index in [4.69, 9.17) is 9.47 Å². The predicted molar refractivity (Wildman–Crippen MR) is 135 cm³/mol. The van der Waals surface area contributed by atoms with E-state index in [0.717, 1.165) is 38.3 Å². The molecule has 2 N–H and O–H groups in total. The number of thiazole rings is 1. The SMILES string of the molecule is O=C1Nc2cn(CCN3CCNCC3)nc2C(=O)CCCOCCOc2cc(ccn2)-c2nc1cs2. The Morgan fingerprint density at radius 2 is 2.00 bits per heavy atom. The standard InChI is InChI=1S/C24H29N7O4S/c32-20-2-1-11-34-12-13-35-21-14-17(3-4-26-21)24-28-19(16-36-24)23(33)27-18-15-31(29-22(18)20)10-9-30-7-5-25-6-8-30/h3-4,14-16,25H,1-2,5-13H2,(H,27,33). The normalized spacial score (nSPS) is 18.0. The van der Waals surface area contributed by atoms with Crippen LogP contribution in [-0.4, -0.2) is 88.9 Å². The van der Waals surface area contributed by atoms with E-state index in [0.29, 0.717) is 49.4 Å². The van der Waals surface area contributed by atoms with Gasteiger partial charge in [0.15, 0.2) is 11.5 Å². The maximum Gasteiger partial charge on any atom is 0.275 e. The van der Waals surface area contributed by atoms with Gasteiger partial charge in [0, 0.05) is 75.2 Å². The maximum atomic E-state index is 13.1. The molecule has 1 fully saturated rings. The Morgan fingerprint density at radius 1 is 1.11 bits per heavy atom. The van der Waals surface area contributed by atoms with E-state index in [9.17, 15) is 9.59 Å². The van der Waals surface area contributed by atoms with Crippen molar-refractivity contribution < 1.29 is 19.1 Å². The van der Waals surface area contributed by atoms with Gasteiger partial charge in [-0.3, -0.25) is 19.2 Å². The van der Waals surface area contributed by atoms with E-state index >= 15 is 0 Å². The van der Waals surface area contributed by atoms with Crippen LogP contribution in [0.1, 0.15) is 33.8 Å². The molecular formula is C24H29N7O4S. The molecule has 3 aromatic rings. The molecule has 190 valence electrons. The van der Waals surface area contributed by atoms with Gasteiger partial charge in [0.1, 0.15) is 17.3 Å². The van der Waals surface area contributed by atoms with Crippen LogP contribution in [0.4, 0.5) is 5.69 Å². The third kappa shape index (κ3) is 6.13. The smallest absolute Gasteiger partial charge is 0.275 e. The van der Waals surface area contributed by atoms with Crippen molar-refractivity contribution in [1.82, 2.24) is 30.0 Å². The van der Waals surface area contributed by atoms with Crippen molar-refractivity contribution in [3.05, 3.63) is 41.3 Å². The van der Waals surface area contributed by atoms with E-state index in [-0.39, 0.29) is 29.5 Å². The topological polar surface area (TPSA) is 124 Å². The first-order valence-corrected chi connectivity index (χ1v) is 13.0. The van der Waals surface area contributed by atoms with Crippen molar-refractivity contribution >= 4 is 28.7 Å². The predicted octanol–water partition coefficient (Wildman–Crippen LogP) is 1.93. The van der Waals surface area contributed by atoms with E-state index in [1.54, 1.807) is 28.5 Å². The second kappa shape index (κ2) is 11.7. The third-order valence-corrected chi connectivity index (χ3v) is 6.91. The lowest BCUT2D eigenvalue weighted by atomic mass is 10.1. The number of rotatable bonds is 3. The lowest BCUT2D eigenvalue weighted by Gasteiger charge is -2.26. The van der Waals surface area contributed by atoms with Gasteiger partial charge in [-0.25, -0.2) is 9.97 Å². The number of fused-ring (bicyclic) bond motifs is 6. The van der Waals surface area contributed by atoms with Crippen LogP contribution in [0.2, 0.25) is 0 Å². The Balaban J connectivity index is 1.37. The van der Waals surface area contributed by atoms with E-state index in [1.165, 1.54) is 11.3 Å². The molecule has 12 heteroatoms. The largest absolute Gasteiger partial charge is 0.475 e. The number of nitrogens with zero attached hydrogens (tertiary/aromatic N) is 5. The summed E-state index contributed by atoms with van der Waals surface area (Å²) in [7, 11) is 0. The van der Waals surface area contributed by atoms with Gasteiger partial charge in [0.2, 0.25) is 5.88 Å². The van der Waals surface area contributed by atoms with Crippen LogP contribution in [-0.2, 0) is 11.3 Å². The van der Waals surface area contributed by atoms with Crippen molar-refractivity contribution in [2.24, 2.45) is 0 Å². The Kier molecular flexibility index (Phi) is 7.96. The van der Waals surface area contributed by atoms with Gasteiger partial charge >= 0.3 is 0 Å². The van der Waals surface area contributed by atoms with E-state index < -0.39 is 0 Å². The Morgan fingerprint density at radius 3 is 2.89 bits per heavy atom. The minimum absolute atomic E-state index is 0.134. The molecule has 5 heterocycles. The first-order valence-electron chi connectivity index (χ1n) is 12.1. The molecule has 3 aromatic heterocycles. The number of pyridine rings is 1. The summed E-state index contributed by atoms with van der Waals surface area (Å²) in [6.45, 7) is 6.51. The average Bonchev–Trinajstić information content (AvgIpc) is 3.55. The Labute approximate surface area is 212 Å². The summed E-state index contributed by atoms with van der Waals surface area (Å²) >= 11 is 1.35. The van der Waals surface area contributed by atoms with Gasteiger partial charge in [0.05, 0.1) is 18.8 Å².